The molecule has 1 amide bonds. The highest BCUT2D eigenvalue weighted by Gasteiger charge is 2.11. The van der Waals surface area contributed by atoms with Crippen LogP contribution in [-0.4, -0.2) is 25.6 Å². The molecule has 2 aromatic carbocycles. The maximum absolute atomic E-state index is 12.3. The lowest BCUT2D eigenvalue weighted by Crippen LogP contribution is -2.22. The van der Waals surface area contributed by atoms with Crippen molar-refractivity contribution in [3.05, 3.63) is 89.8 Å². The lowest BCUT2D eigenvalue weighted by Gasteiger charge is -2.05. The van der Waals surface area contributed by atoms with E-state index in [1.54, 1.807) is 24.7 Å². The fourth-order valence-electron chi connectivity index (χ4n) is 2.76. The first-order valence-corrected chi connectivity index (χ1v) is 8.90. The van der Waals surface area contributed by atoms with E-state index >= 15 is 0 Å². The fraction of sp³-hybridized carbons (Fsp3) is 0.143. The summed E-state index contributed by atoms with van der Waals surface area (Å²) in [4.78, 5) is 20.7. The molecule has 0 saturated heterocycles. The van der Waals surface area contributed by atoms with Crippen molar-refractivity contribution in [2.24, 2.45) is 0 Å². The van der Waals surface area contributed by atoms with E-state index in [2.05, 4.69) is 20.4 Å². The van der Waals surface area contributed by atoms with Crippen molar-refractivity contribution in [2.75, 3.05) is 0 Å². The van der Waals surface area contributed by atoms with E-state index < -0.39 is 0 Å². The maximum Gasteiger partial charge on any atom is 0.251 e. The summed E-state index contributed by atoms with van der Waals surface area (Å²) in [7, 11) is 0. The van der Waals surface area contributed by atoms with Crippen molar-refractivity contribution in [1.82, 2.24) is 25.0 Å². The Bertz CT molecular complexity index is 1050. The van der Waals surface area contributed by atoms with Crippen LogP contribution < -0.4 is 5.32 Å². The average Bonchev–Trinajstić information content (AvgIpc) is 3.39. The molecular weight excluding hydrogens is 354 g/mol. The van der Waals surface area contributed by atoms with Crippen molar-refractivity contribution in [1.29, 1.82) is 0 Å². The first-order valence-electron chi connectivity index (χ1n) is 8.90. The number of amides is 1. The number of aromatic nitrogens is 4. The van der Waals surface area contributed by atoms with Gasteiger partial charge in [-0.3, -0.25) is 4.79 Å². The topological polar surface area (TPSA) is 85.8 Å². The van der Waals surface area contributed by atoms with Crippen molar-refractivity contribution >= 4 is 5.91 Å². The van der Waals surface area contributed by atoms with Gasteiger partial charge in [0.25, 0.3) is 5.91 Å². The van der Waals surface area contributed by atoms with Gasteiger partial charge in [-0.25, -0.2) is 4.98 Å². The second-order valence-electron chi connectivity index (χ2n) is 6.49. The van der Waals surface area contributed by atoms with Crippen molar-refractivity contribution < 1.29 is 9.32 Å². The zero-order valence-corrected chi connectivity index (χ0v) is 15.4. The predicted octanol–water partition coefficient (Wildman–Crippen LogP) is 3.22. The summed E-state index contributed by atoms with van der Waals surface area (Å²) >= 11 is 0. The third-order valence-electron chi connectivity index (χ3n) is 4.32. The highest BCUT2D eigenvalue weighted by molar-refractivity contribution is 5.94. The monoisotopic (exact) mass is 373 g/mol. The van der Waals surface area contributed by atoms with E-state index in [0.717, 1.165) is 16.7 Å². The van der Waals surface area contributed by atoms with Gasteiger partial charge in [0.05, 0.1) is 12.9 Å². The lowest BCUT2D eigenvalue weighted by atomic mass is 10.1. The Hall–Kier alpha value is -3.74. The van der Waals surface area contributed by atoms with E-state index in [1.165, 1.54) is 0 Å². The number of nitrogens with zero attached hydrogens (tertiary/aromatic N) is 4. The van der Waals surface area contributed by atoms with Gasteiger partial charge in [-0.15, -0.1) is 0 Å². The van der Waals surface area contributed by atoms with Gasteiger partial charge in [-0.2, -0.15) is 4.98 Å². The minimum atomic E-state index is -0.190. The summed E-state index contributed by atoms with van der Waals surface area (Å²) in [6.45, 7) is 2.91. The number of rotatable bonds is 6. The molecule has 0 radical (unpaired) electrons. The summed E-state index contributed by atoms with van der Waals surface area (Å²) < 4.78 is 7.20. The maximum atomic E-state index is 12.3. The van der Waals surface area contributed by atoms with Gasteiger partial charge in [0.2, 0.25) is 11.7 Å². The zero-order valence-electron chi connectivity index (χ0n) is 15.4. The summed E-state index contributed by atoms with van der Waals surface area (Å²) in [5.41, 5.74) is 3.71. The summed E-state index contributed by atoms with van der Waals surface area (Å²) in [5.74, 6) is 0.679. The highest BCUT2D eigenvalue weighted by atomic mass is 16.5. The van der Waals surface area contributed by atoms with Crippen LogP contribution in [0.1, 0.15) is 27.4 Å². The van der Waals surface area contributed by atoms with Crippen LogP contribution >= 0.6 is 0 Å². The summed E-state index contributed by atoms with van der Waals surface area (Å²) in [6, 6.07) is 15.3. The molecule has 0 atom stereocenters. The standard InChI is InChI=1S/C21H19N5O2/c1-15-2-6-17(7-3-15)20-24-19(28-25-20)12-23-21(27)18-8-4-16(5-9-18)13-26-11-10-22-14-26/h2-11,14H,12-13H2,1H3,(H,23,27). The van der Waals surface area contributed by atoms with Gasteiger partial charge in [0.15, 0.2) is 0 Å². The van der Waals surface area contributed by atoms with Crippen LogP contribution in [0.5, 0.6) is 0 Å². The zero-order chi connectivity index (χ0) is 19.3. The molecule has 4 rings (SSSR count). The van der Waals surface area contributed by atoms with E-state index in [1.807, 2.05) is 54.1 Å². The average molecular weight is 373 g/mol. The van der Waals surface area contributed by atoms with Gasteiger partial charge in [-0.05, 0) is 24.6 Å². The van der Waals surface area contributed by atoms with Gasteiger partial charge in [0, 0.05) is 30.1 Å². The Labute approximate surface area is 162 Å². The largest absolute Gasteiger partial charge is 0.343 e. The summed E-state index contributed by atoms with van der Waals surface area (Å²) in [5, 5.41) is 6.77. The number of imidazole rings is 1. The Morgan fingerprint density at radius 1 is 1.11 bits per heavy atom. The molecule has 0 fully saturated rings. The van der Waals surface area contributed by atoms with Gasteiger partial charge in [-0.1, -0.05) is 47.1 Å². The third-order valence-corrected chi connectivity index (χ3v) is 4.32. The van der Waals surface area contributed by atoms with Crippen molar-refractivity contribution in [2.45, 2.75) is 20.0 Å². The highest BCUT2D eigenvalue weighted by Crippen LogP contribution is 2.16. The van der Waals surface area contributed by atoms with E-state index in [4.69, 9.17) is 4.52 Å². The van der Waals surface area contributed by atoms with E-state index in [0.29, 0.717) is 23.8 Å². The van der Waals surface area contributed by atoms with Crippen LogP contribution in [0.15, 0.2) is 71.8 Å². The van der Waals surface area contributed by atoms with E-state index in [-0.39, 0.29) is 12.5 Å². The molecule has 1 N–H and O–H groups in total. The van der Waals surface area contributed by atoms with Crippen molar-refractivity contribution in [3.8, 4) is 11.4 Å². The Kier molecular flexibility index (Phi) is 4.97. The molecule has 0 bridgehead atoms. The minimum absolute atomic E-state index is 0.175. The molecule has 0 aliphatic heterocycles. The molecule has 0 aliphatic carbocycles. The third kappa shape index (κ3) is 4.15. The first-order chi connectivity index (χ1) is 13.7. The van der Waals surface area contributed by atoms with Gasteiger partial charge < -0.3 is 14.4 Å². The quantitative estimate of drug-likeness (QED) is 0.561. The van der Waals surface area contributed by atoms with Crippen LogP contribution in [0.2, 0.25) is 0 Å². The van der Waals surface area contributed by atoms with Gasteiger partial charge >= 0.3 is 0 Å². The molecule has 7 heteroatoms. The molecule has 140 valence electrons. The molecule has 2 aromatic heterocycles. The fourth-order valence-corrected chi connectivity index (χ4v) is 2.76. The second kappa shape index (κ2) is 7.87. The lowest BCUT2D eigenvalue weighted by molar-refractivity contribution is 0.0946. The first kappa shape index (κ1) is 17.7. The summed E-state index contributed by atoms with van der Waals surface area (Å²) in [6.07, 6.45) is 5.40. The van der Waals surface area contributed by atoms with Crippen molar-refractivity contribution in [3.63, 3.8) is 0 Å². The number of carbonyl (C=O) groups is 1. The number of benzene rings is 2. The number of hydrogen-bond donors (Lipinski definition) is 1. The molecule has 0 spiro atoms. The molecule has 2 heterocycles. The minimum Gasteiger partial charge on any atom is -0.343 e. The Balaban J connectivity index is 1.34. The number of carbonyl (C=O) groups excluding carboxylic acids is 1. The van der Waals surface area contributed by atoms with Crippen LogP contribution in [0, 0.1) is 6.92 Å². The van der Waals surface area contributed by atoms with Crippen LogP contribution in [-0.2, 0) is 13.1 Å². The van der Waals surface area contributed by atoms with Crippen LogP contribution in [0.4, 0.5) is 0 Å². The molecule has 0 saturated carbocycles. The Morgan fingerprint density at radius 3 is 2.61 bits per heavy atom. The molecular formula is C21H19N5O2. The number of hydrogen-bond acceptors (Lipinski definition) is 5. The van der Waals surface area contributed by atoms with Crippen LogP contribution in [0.25, 0.3) is 11.4 Å². The molecule has 0 aliphatic rings. The number of aryl methyl sites for hydroxylation is 1. The number of nitrogens with one attached hydrogen (secondary N) is 1. The predicted molar refractivity (Wildman–Crippen MR) is 103 cm³/mol. The van der Waals surface area contributed by atoms with E-state index in [9.17, 15) is 4.79 Å². The molecule has 4 aromatic rings. The Morgan fingerprint density at radius 2 is 1.89 bits per heavy atom. The smallest absolute Gasteiger partial charge is 0.251 e. The van der Waals surface area contributed by atoms with Gasteiger partial charge in [0.1, 0.15) is 0 Å². The normalized spacial score (nSPS) is 10.8. The second-order valence-corrected chi connectivity index (χ2v) is 6.49. The molecule has 7 nitrogen and oxygen atoms in total. The SMILES string of the molecule is Cc1ccc(-c2noc(CNC(=O)c3ccc(Cn4ccnc4)cc3)n2)cc1. The molecule has 0 unspecified atom stereocenters. The molecule has 28 heavy (non-hydrogen) atoms. The van der Waals surface area contributed by atoms with Crippen LogP contribution in [0.3, 0.4) is 0 Å².